The molecule has 0 saturated heterocycles. The van der Waals surface area contributed by atoms with E-state index in [2.05, 4.69) is 94.1 Å². The van der Waals surface area contributed by atoms with Gasteiger partial charge in [-0.05, 0) is 0 Å². The van der Waals surface area contributed by atoms with Crippen molar-refractivity contribution in [2.45, 2.75) is 21.1 Å². The third-order valence-electron chi connectivity index (χ3n) is 6.58. The van der Waals surface area contributed by atoms with Crippen LogP contribution in [0.1, 0.15) is 43.4 Å². The third-order valence-corrected chi connectivity index (χ3v) is 34.5. The molecule has 2 atom stereocenters. The van der Waals surface area contributed by atoms with Crippen molar-refractivity contribution in [2.75, 3.05) is 0 Å². The molecule has 128 valence electrons. The van der Waals surface area contributed by atoms with Gasteiger partial charge in [0.2, 0.25) is 0 Å². The predicted molar refractivity (Wildman–Crippen MR) is 112 cm³/mol. The summed E-state index contributed by atoms with van der Waals surface area (Å²) in [6, 6.07) is 16.9. The van der Waals surface area contributed by atoms with Gasteiger partial charge < -0.3 is 0 Å². The zero-order valence-electron chi connectivity index (χ0n) is 14.5. The van der Waals surface area contributed by atoms with Crippen LogP contribution < -0.4 is 0 Å². The van der Waals surface area contributed by atoms with Crippen LogP contribution in [-0.4, -0.2) is 7.42 Å². The van der Waals surface area contributed by atoms with E-state index < -0.39 is 13.9 Å². The van der Waals surface area contributed by atoms with Crippen molar-refractivity contribution in [3.05, 3.63) is 82.9 Å². The van der Waals surface area contributed by atoms with E-state index >= 15 is 0 Å². The zero-order valence-corrected chi connectivity index (χ0v) is 18.5. The molecule has 3 heteroatoms. The molecule has 0 amide bonds. The summed E-state index contributed by atoms with van der Waals surface area (Å²) >= 11 is -5.09. The fourth-order valence-electron chi connectivity index (χ4n) is 4.83. The molecule has 2 unspecified atom stereocenters. The Kier molecular flexibility index (Phi) is 3.73. The minimum atomic E-state index is -5.09. The Morgan fingerprint density at radius 2 is 1.12 bits per heavy atom. The van der Waals surface area contributed by atoms with Crippen molar-refractivity contribution in [3.63, 3.8) is 0 Å². The monoisotopic (exact) mass is 446 g/mol. The Morgan fingerprint density at radius 1 is 0.720 bits per heavy atom. The minimum absolute atomic E-state index is 0.0246. The van der Waals surface area contributed by atoms with Gasteiger partial charge in [0.15, 0.2) is 0 Å². The number of benzene rings is 2. The molecule has 0 bridgehead atoms. The van der Waals surface area contributed by atoms with E-state index in [1.54, 1.807) is 0 Å². The molecule has 2 aromatic carbocycles. The summed E-state index contributed by atoms with van der Waals surface area (Å²) in [6.07, 6.45) is 8.82. The van der Waals surface area contributed by atoms with Crippen LogP contribution in [0.4, 0.5) is 0 Å². The van der Waals surface area contributed by atoms with E-state index in [0.717, 1.165) is 0 Å². The maximum absolute atomic E-state index is 7.84. The third kappa shape index (κ3) is 2.16. The van der Waals surface area contributed by atoms with Gasteiger partial charge in [-0.15, -0.1) is 0 Å². The van der Waals surface area contributed by atoms with E-state index in [4.69, 9.17) is 17.0 Å². The quantitative estimate of drug-likeness (QED) is 0.480. The van der Waals surface area contributed by atoms with Crippen LogP contribution in [-0.2, 0) is 13.9 Å². The van der Waals surface area contributed by atoms with Gasteiger partial charge >= 0.3 is 155 Å². The van der Waals surface area contributed by atoms with Gasteiger partial charge in [-0.2, -0.15) is 0 Å². The summed E-state index contributed by atoms with van der Waals surface area (Å²) in [5, 5.41) is 0. The Labute approximate surface area is 153 Å². The number of rotatable bonds is 2. The van der Waals surface area contributed by atoms with Gasteiger partial charge in [0, 0.05) is 0 Å². The van der Waals surface area contributed by atoms with Crippen molar-refractivity contribution >= 4 is 36.6 Å². The number of fused-ring (bicyclic) bond motifs is 2. The van der Waals surface area contributed by atoms with E-state index in [1.165, 1.54) is 22.3 Å². The van der Waals surface area contributed by atoms with Crippen LogP contribution in [0.5, 0.6) is 0 Å². The number of halogens is 2. The second-order valence-corrected chi connectivity index (χ2v) is 36.6. The Morgan fingerprint density at radius 3 is 1.52 bits per heavy atom. The molecular weight excluding hydrogens is 426 g/mol. The average Bonchev–Trinajstić information content (AvgIpc) is 3.28. The molecule has 2 aliphatic carbocycles. The molecule has 2 aromatic rings. The SMILES string of the molecule is C[CH]=[Zr]([Cl])([Cl])(=[CH]C)([CH]1C=Cc2ccccc21)[CH]1C=Cc2ccccc21. The fourth-order valence-corrected chi connectivity index (χ4v) is 22.6. The van der Waals surface area contributed by atoms with E-state index in [1.807, 2.05) is 0 Å². The molecule has 0 aliphatic heterocycles. The van der Waals surface area contributed by atoms with Crippen LogP contribution in [0.2, 0.25) is 0 Å². The van der Waals surface area contributed by atoms with Crippen molar-refractivity contribution in [1.82, 2.24) is 0 Å². The summed E-state index contributed by atoms with van der Waals surface area (Å²) in [5.41, 5.74) is 4.95. The molecule has 0 fully saturated rings. The molecule has 4 rings (SSSR count). The first kappa shape index (κ1) is 17.5. The molecule has 0 saturated carbocycles. The summed E-state index contributed by atoms with van der Waals surface area (Å²) in [4.78, 5) is 0. The first-order valence-corrected chi connectivity index (χ1v) is 20.8. The molecule has 0 spiro atoms. The molecule has 0 nitrogen and oxygen atoms in total. The van der Waals surface area contributed by atoms with Crippen LogP contribution in [0.3, 0.4) is 0 Å². The predicted octanol–water partition coefficient (Wildman–Crippen LogP) is 6.70. The van der Waals surface area contributed by atoms with Gasteiger partial charge in [0.05, 0.1) is 0 Å². The van der Waals surface area contributed by atoms with Gasteiger partial charge in [0.25, 0.3) is 0 Å². The number of allylic oxidation sites excluding steroid dienone is 2. The van der Waals surface area contributed by atoms with Crippen molar-refractivity contribution < 1.29 is 13.9 Å². The van der Waals surface area contributed by atoms with E-state index in [0.29, 0.717) is 0 Å². The number of hydrogen-bond acceptors (Lipinski definition) is 0. The molecule has 25 heavy (non-hydrogen) atoms. The van der Waals surface area contributed by atoms with Crippen molar-refractivity contribution in [3.8, 4) is 0 Å². The molecule has 2 aliphatic rings. The summed E-state index contributed by atoms with van der Waals surface area (Å²) in [6.45, 7) is 4.11. The normalized spacial score (nSPS) is 22.1. The van der Waals surface area contributed by atoms with Crippen LogP contribution in [0.15, 0.2) is 60.7 Å². The zero-order chi connectivity index (χ0) is 17.8. The second kappa shape index (κ2) is 5.32. The van der Waals surface area contributed by atoms with Crippen LogP contribution in [0, 0.1) is 0 Å². The molecule has 0 heterocycles. The fraction of sp³-hybridized carbons (Fsp3) is 0.182. The van der Waals surface area contributed by atoms with Gasteiger partial charge in [-0.3, -0.25) is 0 Å². The average molecular weight is 449 g/mol. The summed E-state index contributed by atoms with van der Waals surface area (Å²) in [7, 11) is 15.7. The summed E-state index contributed by atoms with van der Waals surface area (Å²) < 4.78 is 4.41. The van der Waals surface area contributed by atoms with Crippen LogP contribution in [0.25, 0.3) is 12.2 Å². The van der Waals surface area contributed by atoms with Gasteiger partial charge in [-0.1, -0.05) is 0 Å². The molecule has 0 radical (unpaired) electrons. The molecular formula is C22H22Cl2Zr. The Balaban J connectivity index is 2.09. The van der Waals surface area contributed by atoms with Gasteiger partial charge in [0.1, 0.15) is 0 Å². The maximum atomic E-state index is 7.84. The van der Waals surface area contributed by atoms with E-state index in [9.17, 15) is 0 Å². The van der Waals surface area contributed by atoms with Crippen LogP contribution >= 0.6 is 17.0 Å². The molecule has 0 aromatic heterocycles. The standard InChI is InChI=1S/2C9H7.2C2H4.2ClH.Zr/c2*1-2-5-9-7-3-6-8(9)4-1;2*1-2;;;/h2*1-7H;2*1H,2H3;2*1H;/q;;;;;;+2/p-2. The first-order chi connectivity index (χ1) is 11.9. The topological polar surface area (TPSA) is 0 Å². The summed E-state index contributed by atoms with van der Waals surface area (Å²) in [5.74, 6) is 0. The van der Waals surface area contributed by atoms with Crippen molar-refractivity contribution in [2.24, 2.45) is 0 Å². The van der Waals surface area contributed by atoms with Gasteiger partial charge in [-0.25, -0.2) is 0 Å². The Hall–Kier alpha value is -0.877. The second-order valence-electron chi connectivity index (χ2n) is 7.45. The first-order valence-electron chi connectivity index (χ1n) is 8.83. The van der Waals surface area contributed by atoms with E-state index in [-0.39, 0.29) is 7.25 Å². The Bertz CT molecular complexity index is 1030. The van der Waals surface area contributed by atoms with Crippen molar-refractivity contribution in [1.29, 1.82) is 0 Å². The molecule has 0 N–H and O–H groups in total. The number of hydrogen-bond donors (Lipinski definition) is 0.